The number of benzene rings is 1. The van der Waals surface area contributed by atoms with E-state index in [-0.39, 0.29) is 6.04 Å². The molecule has 1 aliphatic heterocycles. The maximum Gasteiger partial charge on any atom is 0.525 e. The second kappa shape index (κ2) is 4.69. The van der Waals surface area contributed by atoms with Gasteiger partial charge < -0.3 is 9.94 Å². The van der Waals surface area contributed by atoms with Crippen LogP contribution in [0.25, 0.3) is 0 Å². The van der Waals surface area contributed by atoms with Gasteiger partial charge in [-0.1, -0.05) is 42.2 Å². The van der Waals surface area contributed by atoms with Crippen molar-refractivity contribution in [1.82, 2.24) is 5.06 Å². The zero-order chi connectivity index (χ0) is 11.4. The molecule has 0 bridgehead atoms. The molecule has 1 aliphatic rings. The van der Waals surface area contributed by atoms with E-state index < -0.39 is 6.16 Å². The minimum Gasteiger partial charge on any atom is -0.448 e. The van der Waals surface area contributed by atoms with Gasteiger partial charge in [0.25, 0.3) is 0 Å². The molecule has 0 aromatic heterocycles. The van der Waals surface area contributed by atoms with Crippen LogP contribution in [0.4, 0.5) is 4.79 Å². The van der Waals surface area contributed by atoms with Gasteiger partial charge in [-0.05, 0) is 5.56 Å². The third kappa shape index (κ3) is 2.33. The summed E-state index contributed by atoms with van der Waals surface area (Å²) in [6.07, 6.45) is -0.721. The first-order chi connectivity index (χ1) is 7.77. The number of hydroxylamine groups is 2. The first kappa shape index (κ1) is 10.5. The van der Waals surface area contributed by atoms with Crippen LogP contribution in [0.1, 0.15) is 18.0 Å². The number of hydrogen-bond donors (Lipinski definition) is 1. The lowest BCUT2D eigenvalue weighted by atomic mass is 10.0. The quantitative estimate of drug-likeness (QED) is 0.770. The minimum absolute atomic E-state index is 0.112. The van der Waals surface area contributed by atoms with Gasteiger partial charge in [0, 0.05) is 6.42 Å². The van der Waals surface area contributed by atoms with E-state index in [4.69, 9.17) is 9.94 Å². The van der Waals surface area contributed by atoms with Crippen LogP contribution in [0.2, 0.25) is 0 Å². The Balaban J connectivity index is 2.19. The van der Waals surface area contributed by atoms with Gasteiger partial charge in [-0.25, -0.2) is 4.79 Å². The molecule has 4 heteroatoms. The zero-order valence-electron chi connectivity index (χ0n) is 8.59. The van der Waals surface area contributed by atoms with Gasteiger partial charge in [-0.15, -0.1) is 5.06 Å². The number of rotatable bonds is 2. The molecule has 0 aliphatic carbocycles. The van der Waals surface area contributed by atoms with Gasteiger partial charge in [-0.2, -0.15) is 0 Å². The SMILES string of the molecule is O=C(O)ON1CC#CCC1c1ccccc1. The van der Waals surface area contributed by atoms with Gasteiger partial charge in [0.05, 0.1) is 12.6 Å². The fourth-order valence-electron chi connectivity index (χ4n) is 1.67. The number of nitrogens with zero attached hydrogens (tertiary/aromatic N) is 1. The van der Waals surface area contributed by atoms with E-state index in [2.05, 4.69) is 11.8 Å². The minimum atomic E-state index is -1.30. The Bertz CT molecular complexity index is 433. The normalized spacial score (nSPS) is 19.6. The van der Waals surface area contributed by atoms with Crippen LogP contribution in [0.5, 0.6) is 0 Å². The van der Waals surface area contributed by atoms with Crippen LogP contribution < -0.4 is 0 Å². The molecule has 1 N–H and O–H groups in total. The Labute approximate surface area is 93.4 Å². The fraction of sp³-hybridized carbons (Fsp3) is 0.250. The first-order valence-corrected chi connectivity index (χ1v) is 4.95. The summed E-state index contributed by atoms with van der Waals surface area (Å²) in [5, 5.41) is 10.0. The second-order valence-electron chi connectivity index (χ2n) is 3.42. The monoisotopic (exact) mass is 217 g/mol. The largest absolute Gasteiger partial charge is 0.525 e. The summed E-state index contributed by atoms with van der Waals surface area (Å²) in [4.78, 5) is 15.2. The fourth-order valence-corrected chi connectivity index (χ4v) is 1.67. The third-order valence-electron chi connectivity index (χ3n) is 2.38. The summed E-state index contributed by atoms with van der Waals surface area (Å²) >= 11 is 0. The van der Waals surface area contributed by atoms with Crippen LogP contribution in [0.3, 0.4) is 0 Å². The van der Waals surface area contributed by atoms with E-state index in [1.807, 2.05) is 30.3 Å². The molecule has 1 aromatic carbocycles. The Hall–Kier alpha value is -1.99. The molecule has 1 aromatic rings. The van der Waals surface area contributed by atoms with Crippen LogP contribution in [0, 0.1) is 11.8 Å². The second-order valence-corrected chi connectivity index (χ2v) is 3.42. The summed E-state index contributed by atoms with van der Waals surface area (Å²) < 4.78 is 0. The molecule has 1 heterocycles. The average Bonchev–Trinajstić information content (AvgIpc) is 2.30. The Morgan fingerprint density at radius 3 is 2.81 bits per heavy atom. The number of carbonyl (C=O) groups is 1. The molecule has 0 radical (unpaired) electrons. The van der Waals surface area contributed by atoms with E-state index >= 15 is 0 Å². The molecule has 16 heavy (non-hydrogen) atoms. The van der Waals surface area contributed by atoms with Gasteiger partial charge in [0.1, 0.15) is 0 Å². The lowest BCUT2D eigenvalue weighted by Crippen LogP contribution is -2.33. The molecule has 0 fully saturated rings. The highest BCUT2D eigenvalue weighted by Gasteiger charge is 2.24. The molecule has 0 spiro atoms. The molecule has 4 nitrogen and oxygen atoms in total. The standard InChI is InChI=1S/C12H11NO3/c14-12(15)16-13-9-5-4-8-11(13)10-6-2-1-3-7-10/h1-3,6-7,11H,8-9H2,(H,14,15). The lowest BCUT2D eigenvalue weighted by molar-refractivity contribution is -0.141. The van der Waals surface area contributed by atoms with Gasteiger partial charge in [0.15, 0.2) is 0 Å². The highest BCUT2D eigenvalue weighted by atomic mass is 16.8. The molecule has 0 amide bonds. The third-order valence-corrected chi connectivity index (χ3v) is 2.38. The lowest BCUT2D eigenvalue weighted by Gasteiger charge is -2.28. The molecule has 1 unspecified atom stereocenters. The van der Waals surface area contributed by atoms with E-state index in [0.717, 1.165) is 5.56 Å². The Morgan fingerprint density at radius 1 is 1.38 bits per heavy atom. The molecule has 2 rings (SSSR count). The first-order valence-electron chi connectivity index (χ1n) is 4.95. The molecule has 0 saturated heterocycles. The zero-order valence-corrected chi connectivity index (χ0v) is 8.59. The number of hydrogen-bond acceptors (Lipinski definition) is 3. The average molecular weight is 217 g/mol. The van der Waals surface area contributed by atoms with Gasteiger partial charge >= 0.3 is 6.16 Å². The van der Waals surface area contributed by atoms with Crippen molar-refractivity contribution in [2.45, 2.75) is 12.5 Å². The summed E-state index contributed by atoms with van der Waals surface area (Å²) in [5.74, 6) is 5.80. The highest BCUT2D eigenvalue weighted by Crippen LogP contribution is 2.25. The van der Waals surface area contributed by atoms with Crippen LogP contribution >= 0.6 is 0 Å². The van der Waals surface area contributed by atoms with Crippen molar-refractivity contribution in [1.29, 1.82) is 0 Å². The molecule has 1 atom stereocenters. The maximum atomic E-state index is 10.5. The summed E-state index contributed by atoms with van der Waals surface area (Å²) in [7, 11) is 0. The van der Waals surface area contributed by atoms with Crippen molar-refractivity contribution >= 4 is 6.16 Å². The number of carboxylic acid groups (broad SMARTS) is 1. The van der Waals surface area contributed by atoms with Crippen molar-refractivity contribution in [2.75, 3.05) is 6.54 Å². The van der Waals surface area contributed by atoms with Gasteiger partial charge in [-0.3, -0.25) is 0 Å². The van der Waals surface area contributed by atoms with Crippen molar-refractivity contribution in [3.8, 4) is 11.8 Å². The van der Waals surface area contributed by atoms with E-state index in [1.54, 1.807) is 0 Å². The van der Waals surface area contributed by atoms with Crippen molar-refractivity contribution in [3.05, 3.63) is 35.9 Å². The summed E-state index contributed by atoms with van der Waals surface area (Å²) in [6, 6.07) is 9.51. The molecule has 82 valence electrons. The van der Waals surface area contributed by atoms with E-state index in [9.17, 15) is 4.79 Å². The topological polar surface area (TPSA) is 49.8 Å². The molecule has 0 saturated carbocycles. The predicted octanol–water partition coefficient (Wildman–Crippen LogP) is 2.05. The molecular formula is C12H11NO3. The van der Waals surface area contributed by atoms with Crippen molar-refractivity contribution in [3.63, 3.8) is 0 Å². The van der Waals surface area contributed by atoms with Crippen LogP contribution in [-0.2, 0) is 4.84 Å². The van der Waals surface area contributed by atoms with Crippen molar-refractivity contribution < 1.29 is 14.7 Å². The van der Waals surface area contributed by atoms with Crippen LogP contribution in [-0.4, -0.2) is 22.9 Å². The highest BCUT2D eigenvalue weighted by molar-refractivity contribution is 5.56. The Kier molecular flexibility index (Phi) is 3.08. The summed E-state index contributed by atoms with van der Waals surface area (Å²) in [6.45, 7) is 0.311. The predicted molar refractivity (Wildman–Crippen MR) is 57.4 cm³/mol. The van der Waals surface area contributed by atoms with E-state index in [0.29, 0.717) is 13.0 Å². The smallest absolute Gasteiger partial charge is 0.448 e. The Morgan fingerprint density at radius 2 is 2.12 bits per heavy atom. The van der Waals surface area contributed by atoms with E-state index in [1.165, 1.54) is 5.06 Å². The molecular weight excluding hydrogens is 206 g/mol. The van der Waals surface area contributed by atoms with Gasteiger partial charge in [0.2, 0.25) is 0 Å². The van der Waals surface area contributed by atoms with Crippen molar-refractivity contribution in [2.24, 2.45) is 0 Å². The van der Waals surface area contributed by atoms with Crippen LogP contribution in [0.15, 0.2) is 30.3 Å². The summed E-state index contributed by atoms with van der Waals surface area (Å²) in [5.41, 5.74) is 1.01. The maximum absolute atomic E-state index is 10.5.